The van der Waals surface area contributed by atoms with E-state index in [1.54, 1.807) is 0 Å². The lowest BCUT2D eigenvalue weighted by atomic mass is 10.0. The van der Waals surface area contributed by atoms with E-state index in [1.807, 2.05) is 13.1 Å². The van der Waals surface area contributed by atoms with Crippen LogP contribution >= 0.6 is 0 Å². The van der Waals surface area contributed by atoms with Crippen LogP contribution in [0.4, 0.5) is 5.82 Å². The van der Waals surface area contributed by atoms with Gasteiger partial charge in [-0.2, -0.15) is 0 Å². The number of rotatable bonds is 3. The van der Waals surface area contributed by atoms with Crippen LogP contribution in [0.1, 0.15) is 26.3 Å². The van der Waals surface area contributed by atoms with Gasteiger partial charge in [0.25, 0.3) is 0 Å². The van der Waals surface area contributed by atoms with Crippen LogP contribution in [-0.2, 0) is 6.42 Å². The summed E-state index contributed by atoms with van der Waals surface area (Å²) in [7, 11) is 0. The summed E-state index contributed by atoms with van der Waals surface area (Å²) in [6.07, 6.45) is 2.87. The van der Waals surface area contributed by atoms with E-state index in [0.29, 0.717) is 0 Å². The number of nitrogens with two attached hydrogens (primary N) is 1. The lowest BCUT2D eigenvalue weighted by Gasteiger charge is -2.17. The first-order chi connectivity index (χ1) is 8.06. The summed E-state index contributed by atoms with van der Waals surface area (Å²) in [6, 6.07) is 4.48. The Hall–Kier alpha value is -1.09. The Morgan fingerprint density at radius 2 is 2.00 bits per heavy atom. The number of pyridine rings is 1. The average Bonchev–Trinajstić information content (AvgIpc) is 2.59. The second-order valence-electron chi connectivity index (χ2n) is 5.57. The first-order valence-corrected chi connectivity index (χ1v) is 6.51. The van der Waals surface area contributed by atoms with Gasteiger partial charge in [-0.1, -0.05) is 19.9 Å². The zero-order chi connectivity index (χ0) is 12.4. The van der Waals surface area contributed by atoms with Crippen LogP contribution in [-0.4, -0.2) is 24.1 Å². The normalized spacial score (nSPS) is 26.2. The van der Waals surface area contributed by atoms with Crippen LogP contribution in [0.2, 0.25) is 0 Å². The Bertz CT molecular complexity index is 348. The van der Waals surface area contributed by atoms with Crippen LogP contribution in [0.25, 0.3) is 0 Å². The highest BCUT2D eigenvalue weighted by Crippen LogP contribution is 2.26. The van der Waals surface area contributed by atoms with E-state index in [4.69, 9.17) is 5.73 Å². The van der Waals surface area contributed by atoms with Crippen molar-refractivity contribution in [1.29, 1.82) is 0 Å². The minimum Gasteiger partial charge on any atom is -0.356 e. The largest absolute Gasteiger partial charge is 0.356 e. The smallest absolute Gasteiger partial charge is 0.128 e. The van der Waals surface area contributed by atoms with Gasteiger partial charge in [-0.25, -0.2) is 4.98 Å². The summed E-state index contributed by atoms with van der Waals surface area (Å²) in [4.78, 5) is 6.93. The molecule has 0 radical (unpaired) electrons. The third-order valence-electron chi connectivity index (χ3n) is 3.68. The quantitative estimate of drug-likeness (QED) is 0.869. The van der Waals surface area contributed by atoms with Gasteiger partial charge in [0, 0.05) is 25.3 Å². The molecule has 2 N–H and O–H groups in total. The molecule has 1 aromatic heterocycles. The highest BCUT2D eigenvalue weighted by molar-refractivity contribution is 5.40. The Morgan fingerprint density at radius 1 is 1.35 bits per heavy atom. The number of anilines is 1. The van der Waals surface area contributed by atoms with Crippen LogP contribution in [0, 0.1) is 11.8 Å². The third kappa shape index (κ3) is 2.97. The molecular formula is C14H23N3. The maximum Gasteiger partial charge on any atom is 0.128 e. The number of aromatic nitrogens is 1. The maximum absolute atomic E-state index is 5.78. The van der Waals surface area contributed by atoms with E-state index in [0.717, 1.165) is 37.2 Å². The maximum atomic E-state index is 5.78. The molecule has 0 saturated carbocycles. The van der Waals surface area contributed by atoms with Gasteiger partial charge in [-0.15, -0.1) is 0 Å². The van der Waals surface area contributed by atoms with Gasteiger partial charge in [0.2, 0.25) is 0 Å². The fraction of sp³-hybridized carbons (Fsp3) is 0.643. The standard InChI is InChI=1S/C14H23N3/c1-10-8-17(9-11(10)2)14-5-4-13(7-16-14)6-12(3)15/h4-5,7,10-12H,6,8-9,15H2,1-3H3. The fourth-order valence-corrected chi connectivity index (χ4v) is 2.41. The molecule has 0 aromatic carbocycles. The third-order valence-corrected chi connectivity index (χ3v) is 3.68. The van der Waals surface area contributed by atoms with Crippen molar-refractivity contribution < 1.29 is 0 Å². The molecule has 1 aliphatic heterocycles. The van der Waals surface area contributed by atoms with Crippen LogP contribution in [0.15, 0.2) is 18.3 Å². The van der Waals surface area contributed by atoms with Crippen LogP contribution in [0.3, 0.4) is 0 Å². The molecule has 2 heterocycles. The van der Waals surface area contributed by atoms with Gasteiger partial charge in [0.15, 0.2) is 0 Å². The Balaban J connectivity index is 2.03. The molecule has 3 unspecified atom stereocenters. The fourth-order valence-electron chi connectivity index (χ4n) is 2.41. The first kappa shape index (κ1) is 12.4. The number of hydrogen-bond acceptors (Lipinski definition) is 3. The van der Waals surface area contributed by atoms with Crippen molar-refractivity contribution in [1.82, 2.24) is 4.98 Å². The van der Waals surface area contributed by atoms with Crippen LogP contribution in [0.5, 0.6) is 0 Å². The Morgan fingerprint density at radius 3 is 2.47 bits per heavy atom. The highest BCUT2D eigenvalue weighted by Gasteiger charge is 2.26. The second kappa shape index (κ2) is 5.05. The average molecular weight is 233 g/mol. The van der Waals surface area contributed by atoms with E-state index >= 15 is 0 Å². The monoisotopic (exact) mass is 233 g/mol. The number of nitrogens with zero attached hydrogens (tertiary/aromatic N) is 2. The predicted octanol–water partition coefficient (Wildman–Crippen LogP) is 2.06. The Kier molecular flexibility index (Phi) is 3.67. The van der Waals surface area contributed by atoms with Crippen molar-refractivity contribution in [3.63, 3.8) is 0 Å². The summed E-state index contributed by atoms with van der Waals surface area (Å²) in [5.74, 6) is 2.63. The minimum atomic E-state index is 0.203. The van der Waals surface area contributed by atoms with Gasteiger partial charge in [0.05, 0.1) is 0 Å². The SMILES string of the molecule is CC(N)Cc1ccc(N2CC(C)C(C)C2)nc1. The van der Waals surface area contributed by atoms with E-state index in [2.05, 4.69) is 35.9 Å². The number of hydrogen-bond donors (Lipinski definition) is 1. The molecule has 1 fully saturated rings. The lowest BCUT2D eigenvalue weighted by molar-refractivity contribution is 0.494. The lowest BCUT2D eigenvalue weighted by Crippen LogP contribution is -2.21. The summed E-state index contributed by atoms with van der Waals surface area (Å²) < 4.78 is 0. The molecule has 3 nitrogen and oxygen atoms in total. The second-order valence-corrected chi connectivity index (χ2v) is 5.57. The van der Waals surface area contributed by atoms with Crippen molar-refractivity contribution in [3.05, 3.63) is 23.9 Å². The molecule has 1 aliphatic rings. The van der Waals surface area contributed by atoms with Gasteiger partial charge < -0.3 is 10.6 Å². The van der Waals surface area contributed by atoms with Crippen molar-refractivity contribution >= 4 is 5.82 Å². The molecule has 1 saturated heterocycles. The molecule has 3 atom stereocenters. The summed E-state index contributed by atoms with van der Waals surface area (Å²) in [5, 5.41) is 0. The topological polar surface area (TPSA) is 42.1 Å². The molecule has 0 bridgehead atoms. The van der Waals surface area contributed by atoms with E-state index < -0.39 is 0 Å². The van der Waals surface area contributed by atoms with E-state index in [-0.39, 0.29) is 6.04 Å². The minimum absolute atomic E-state index is 0.203. The van der Waals surface area contributed by atoms with E-state index in [9.17, 15) is 0 Å². The molecule has 0 aliphatic carbocycles. The van der Waals surface area contributed by atoms with Gasteiger partial charge >= 0.3 is 0 Å². The Labute approximate surface area is 104 Å². The first-order valence-electron chi connectivity index (χ1n) is 6.51. The van der Waals surface area contributed by atoms with Gasteiger partial charge in [-0.05, 0) is 36.8 Å². The predicted molar refractivity (Wildman–Crippen MR) is 72.1 cm³/mol. The summed E-state index contributed by atoms with van der Waals surface area (Å²) in [6.45, 7) is 8.91. The summed E-state index contributed by atoms with van der Waals surface area (Å²) in [5.41, 5.74) is 7.01. The molecular weight excluding hydrogens is 210 g/mol. The van der Waals surface area contributed by atoms with Gasteiger partial charge in [-0.3, -0.25) is 0 Å². The highest BCUT2D eigenvalue weighted by atomic mass is 15.2. The van der Waals surface area contributed by atoms with Crippen LogP contribution < -0.4 is 10.6 Å². The van der Waals surface area contributed by atoms with Crippen molar-refractivity contribution in [2.75, 3.05) is 18.0 Å². The molecule has 0 spiro atoms. The van der Waals surface area contributed by atoms with Crippen molar-refractivity contribution in [3.8, 4) is 0 Å². The molecule has 3 heteroatoms. The molecule has 17 heavy (non-hydrogen) atoms. The molecule has 1 aromatic rings. The van der Waals surface area contributed by atoms with Crippen molar-refractivity contribution in [2.24, 2.45) is 17.6 Å². The van der Waals surface area contributed by atoms with E-state index in [1.165, 1.54) is 5.56 Å². The zero-order valence-electron chi connectivity index (χ0n) is 11.1. The summed E-state index contributed by atoms with van der Waals surface area (Å²) >= 11 is 0. The van der Waals surface area contributed by atoms with Crippen molar-refractivity contribution in [2.45, 2.75) is 33.2 Å². The van der Waals surface area contributed by atoms with Gasteiger partial charge in [0.1, 0.15) is 5.82 Å². The zero-order valence-corrected chi connectivity index (χ0v) is 11.1. The molecule has 0 amide bonds. The molecule has 94 valence electrons. The molecule has 2 rings (SSSR count).